The van der Waals surface area contributed by atoms with Crippen LogP contribution in [-0.4, -0.2) is 53.5 Å². The first-order valence-corrected chi connectivity index (χ1v) is 10.8. The number of benzene rings is 2. The number of carbonyl (C=O) groups excluding carboxylic acids is 1. The van der Waals surface area contributed by atoms with E-state index < -0.39 is 0 Å². The molecule has 0 unspecified atom stereocenters. The molecule has 30 heavy (non-hydrogen) atoms. The van der Waals surface area contributed by atoms with Gasteiger partial charge in [0.25, 0.3) is 5.91 Å². The molecule has 0 radical (unpaired) electrons. The molecule has 3 heterocycles. The number of methoxy groups -OCH3 is 1. The summed E-state index contributed by atoms with van der Waals surface area (Å²) in [5.41, 5.74) is 4.42. The lowest BCUT2D eigenvalue weighted by Gasteiger charge is -2.40. The molecular formula is C25H27N3O2. The topological polar surface area (TPSA) is 45.7 Å². The minimum Gasteiger partial charge on any atom is -0.481 e. The number of amides is 1. The van der Waals surface area contributed by atoms with Gasteiger partial charge in [0.05, 0.1) is 18.2 Å². The van der Waals surface area contributed by atoms with E-state index in [1.54, 1.807) is 13.2 Å². The maximum atomic E-state index is 13.4. The SMILES string of the molecule is COc1cc(C(=O)N2CCC(N3CCc4ccccc4C3)CC2)c2ccccc2n1. The number of piperidine rings is 1. The van der Waals surface area contributed by atoms with Crippen molar-refractivity contribution in [3.63, 3.8) is 0 Å². The summed E-state index contributed by atoms with van der Waals surface area (Å²) in [4.78, 5) is 22.4. The van der Waals surface area contributed by atoms with E-state index in [1.807, 2.05) is 29.2 Å². The summed E-state index contributed by atoms with van der Waals surface area (Å²) < 4.78 is 5.34. The summed E-state index contributed by atoms with van der Waals surface area (Å²) in [5.74, 6) is 0.563. The first-order chi connectivity index (χ1) is 14.7. The van der Waals surface area contributed by atoms with Gasteiger partial charge in [0.1, 0.15) is 0 Å². The summed E-state index contributed by atoms with van der Waals surface area (Å²) >= 11 is 0. The minimum atomic E-state index is 0.0781. The van der Waals surface area contributed by atoms with Crippen LogP contribution in [-0.2, 0) is 13.0 Å². The fourth-order valence-corrected chi connectivity index (χ4v) is 4.87. The Morgan fingerprint density at radius 2 is 1.73 bits per heavy atom. The number of aromatic nitrogens is 1. The Bertz CT molecular complexity index is 1070. The average molecular weight is 402 g/mol. The number of pyridine rings is 1. The van der Waals surface area contributed by atoms with E-state index >= 15 is 0 Å². The molecule has 5 rings (SSSR count). The summed E-state index contributed by atoms with van der Waals surface area (Å²) in [6.45, 7) is 3.73. The third-order valence-electron chi connectivity index (χ3n) is 6.56. The van der Waals surface area contributed by atoms with Gasteiger partial charge in [-0.05, 0) is 36.5 Å². The van der Waals surface area contributed by atoms with E-state index in [-0.39, 0.29) is 5.91 Å². The molecule has 2 aromatic carbocycles. The number of ether oxygens (including phenoxy) is 1. The van der Waals surface area contributed by atoms with Crippen LogP contribution in [0, 0.1) is 0 Å². The Morgan fingerprint density at radius 1 is 1.00 bits per heavy atom. The molecular weight excluding hydrogens is 374 g/mol. The zero-order valence-corrected chi connectivity index (χ0v) is 17.4. The normalized spacial score (nSPS) is 17.7. The lowest BCUT2D eigenvalue weighted by molar-refractivity contribution is 0.0601. The molecule has 1 aromatic heterocycles. The van der Waals surface area contributed by atoms with Crippen molar-refractivity contribution in [3.05, 3.63) is 71.3 Å². The second-order valence-electron chi connectivity index (χ2n) is 8.24. The molecule has 154 valence electrons. The lowest BCUT2D eigenvalue weighted by Crippen LogP contribution is -2.48. The molecule has 0 bridgehead atoms. The van der Waals surface area contributed by atoms with Crippen molar-refractivity contribution in [3.8, 4) is 5.88 Å². The quantitative estimate of drug-likeness (QED) is 0.668. The molecule has 1 saturated heterocycles. The predicted octanol–water partition coefficient (Wildman–Crippen LogP) is 3.91. The maximum absolute atomic E-state index is 13.4. The molecule has 0 spiro atoms. The molecule has 0 saturated carbocycles. The minimum absolute atomic E-state index is 0.0781. The number of para-hydroxylation sites is 1. The average Bonchev–Trinajstić information content (AvgIpc) is 2.82. The molecule has 1 amide bonds. The summed E-state index contributed by atoms with van der Waals surface area (Å²) in [6, 6.07) is 18.9. The first kappa shape index (κ1) is 19.1. The van der Waals surface area contributed by atoms with Gasteiger partial charge < -0.3 is 9.64 Å². The van der Waals surface area contributed by atoms with Gasteiger partial charge in [0.2, 0.25) is 5.88 Å². The van der Waals surface area contributed by atoms with Crippen LogP contribution in [0.25, 0.3) is 10.9 Å². The van der Waals surface area contributed by atoms with E-state index in [2.05, 4.69) is 34.1 Å². The highest BCUT2D eigenvalue weighted by molar-refractivity contribution is 6.06. The third kappa shape index (κ3) is 3.54. The fourth-order valence-electron chi connectivity index (χ4n) is 4.87. The molecule has 0 atom stereocenters. The van der Waals surface area contributed by atoms with Crippen molar-refractivity contribution in [1.82, 2.24) is 14.8 Å². The van der Waals surface area contributed by atoms with E-state index in [0.717, 1.165) is 56.3 Å². The molecule has 0 N–H and O–H groups in total. The largest absolute Gasteiger partial charge is 0.481 e. The number of hydrogen-bond donors (Lipinski definition) is 0. The third-order valence-corrected chi connectivity index (χ3v) is 6.56. The van der Waals surface area contributed by atoms with E-state index in [4.69, 9.17) is 4.74 Å². The Balaban J connectivity index is 1.29. The summed E-state index contributed by atoms with van der Waals surface area (Å²) in [6.07, 6.45) is 3.17. The highest BCUT2D eigenvalue weighted by atomic mass is 16.5. The van der Waals surface area contributed by atoms with Gasteiger partial charge in [-0.1, -0.05) is 42.5 Å². The molecule has 5 nitrogen and oxygen atoms in total. The summed E-state index contributed by atoms with van der Waals surface area (Å²) in [5, 5.41) is 0.887. The van der Waals surface area contributed by atoms with E-state index in [1.165, 1.54) is 11.1 Å². The number of rotatable bonds is 3. The molecule has 0 aliphatic carbocycles. The molecule has 2 aliphatic heterocycles. The highest BCUT2D eigenvalue weighted by Crippen LogP contribution is 2.27. The van der Waals surface area contributed by atoms with Gasteiger partial charge >= 0.3 is 0 Å². The van der Waals surface area contributed by atoms with Crippen LogP contribution in [0.2, 0.25) is 0 Å². The predicted molar refractivity (Wildman–Crippen MR) is 118 cm³/mol. The number of likely N-dealkylation sites (tertiary alicyclic amines) is 1. The smallest absolute Gasteiger partial charge is 0.254 e. The van der Waals surface area contributed by atoms with Crippen LogP contribution in [0.4, 0.5) is 0 Å². The zero-order chi connectivity index (χ0) is 20.5. The van der Waals surface area contributed by atoms with Crippen LogP contribution in [0.15, 0.2) is 54.6 Å². The van der Waals surface area contributed by atoms with E-state index in [9.17, 15) is 4.79 Å². The monoisotopic (exact) mass is 401 g/mol. The van der Waals surface area contributed by atoms with E-state index in [0.29, 0.717) is 17.5 Å². The number of carbonyl (C=O) groups is 1. The molecule has 2 aliphatic rings. The number of fused-ring (bicyclic) bond motifs is 2. The Kier molecular flexibility index (Phi) is 5.13. The van der Waals surface area contributed by atoms with Gasteiger partial charge in [-0.25, -0.2) is 4.98 Å². The van der Waals surface area contributed by atoms with Gasteiger partial charge in [0, 0.05) is 43.7 Å². The summed E-state index contributed by atoms with van der Waals surface area (Å²) in [7, 11) is 1.59. The van der Waals surface area contributed by atoms with Crippen molar-refractivity contribution < 1.29 is 9.53 Å². The standard InChI is InChI=1S/C25H27N3O2/c1-30-24-16-22(21-8-4-5-9-23(21)26-24)25(29)27-14-11-20(12-15-27)28-13-10-18-6-2-3-7-19(18)17-28/h2-9,16,20H,10-15,17H2,1H3. The van der Waals surface area contributed by atoms with Crippen LogP contribution < -0.4 is 4.74 Å². The van der Waals surface area contributed by atoms with Crippen LogP contribution in [0.3, 0.4) is 0 Å². The van der Waals surface area contributed by atoms with Crippen LogP contribution in [0.5, 0.6) is 5.88 Å². The van der Waals surface area contributed by atoms with Crippen molar-refractivity contribution in [2.75, 3.05) is 26.7 Å². The second-order valence-corrected chi connectivity index (χ2v) is 8.24. The van der Waals surface area contributed by atoms with Gasteiger partial charge in [-0.2, -0.15) is 0 Å². The second kappa shape index (κ2) is 8.07. The van der Waals surface area contributed by atoms with Gasteiger partial charge in [0.15, 0.2) is 0 Å². The first-order valence-electron chi connectivity index (χ1n) is 10.8. The lowest BCUT2D eigenvalue weighted by atomic mass is 9.95. The van der Waals surface area contributed by atoms with Crippen LogP contribution in [0.1, 0.15) is 34.3 Å². The van der Waals surface area contributed by atoms with Gasteiger partial charge in [-0.15, -0.1) is 0 Å². The van der Waals surface area contributed by atoms with Crippen molar-refractivity contribution >= 4 is 16.8 Å². The maximum Gasteiger partial charge on any atom is 0.254 e. The Morgan fingerprint density at radius 3 is 2.53 bits per heavy atom. The van der Waals surface area contributed by atoms with Crippen molar-refractivity contribution in [2.45, 2.75) is 31.8 Å². The molecule has 5 heteroatoms. The van der Waals surface area contributed by atoms with Crippen molar-refractivity contribution in [1.29, 1.82) is 0 Å². The number of nitrogens with zero attached hydrogens (tertiary/aromatic N) is 3. The Labute approximate surface area is 177 Å². The molecule has 1 fully saturated rings. The van der Waals surface area contributed by atoms with Crippen LogP contribution >= 0.6 is 0 Å². The highest BCUT2D eigenvalue weighted by Gasteiger charge is 2.30. The Hall–Kier alpha value is -2.92. The van der Waals surface area contributed by atoms with Crippen molar-refractivity contribution in [2.24, 2.45) is 0 Å². The number of hydrogen-bond acceptors (Lipinski definition) is 4. The zero-order valence-electron chi connectivity index (χ0n) is 17.4. The molecule has 3 aromatic rings. The fraction of sp³-hybridized carbons (Fsp3) is 0.360. The van der Waals surface area contributed by atoms with Gasteiger partial charge in [-0.3, -0.25) is 9.69 Å².